The Labute approximate surface area is 170 Å². The lowest BCUT2D eigenvalue weighted by Crippen LogP contribution is -2.21. The fraction of sp³-hybridized carbons (Fsp3) is 0.150. The number of aromatic nitrogens is 1. The van der Waals surface area contributed by atoms with Crippen molar-refractivity contribution in [2.24, 2.45) is 0 Å². The van der Waals surface area contributed by atoms with E-state index >= 15 is 0 Å². The summed E-state index contributed by atoms with van der Waals surface area (Å²) in [7, 11) is 0. The molecule has 1 N–H and O–H groups in total. The minimum Gasteiger partial charge on any atom is -0.456 e. The average molecular weight is 476 g/mol. The molecular formula is C20H17IN2O4. The van der Waals surface area contributed by atoms with Crippen molar-refractivity contribution in [3.8, 4) is 11.3 Å². The van der Waals surface area contributed by atoms with E-state index in [9.17, 15) is 9.59 Å². The van der Waals surface area contributed by atoms with E-state index < -0.39 is 5.97 Å². The number of nitrogens with one attached hydrogen (secondary N) is 1. The van der Waals surface area contributed by atoms with Gasteiger partial charge in [0.15, 0.2) is 18.3 Å². The Bertz CT molecular complexity index is 924. The number of para-hydroxylation sites is 1. The lowest BCUT2D eigenvalue weighted by molar-refractivity contribution is -0.147. The van der Waals surface area contributed by atoms with Crippen LogP contribution in [-0.4, -0.2) is 23.5 Å². The Morgan fingerprint density at radius 1 is 1.07 bits per heavy atom. The number of nitrogens with zero attached hydrogens (tertiary/aromatic N) is 1. The van der Waals surface area contributed by atoms with Gasteiger partial charge in [0, 0.05) is 15.6 Å². The standard InChI is InChI=1S/C20H17IN2O4/c21-15-8-4-5-9-16(15)23-18(24)13-26-20(25)11-10-19-22-12-17(27-19)14-6-2-1-3-7-14/h1-9,12H,10-11,13H2,(H,23,24). The summed E-state index contributed by atoms with van der Waals surface area (Å²) in [4.78, 5) is 27.9. The molecule has 0 atom stereocenters. The molecule has 0 radical (unpaired) electrons. The number of oxazole rings is 1. The number of carbonyl (C=O) groups is 2. The Balaban J connectivity index is 1.43. The zero-order chi connectivity index (χ0) is 19.1. The van der Waals surface area contributed by atoms with E-state index in [-0.39, 0.29) is 18.9 Å². The third kappa shape index (κ3) is 5.65. The first-order chi connectivity index (χ1) is 13.1. The van der Waals surface area contributed by atoms with Crippen molar-refractivity contribution in [3.63, 3.8) is 0 Å². The van der Waals surface area contributed by atoms with Gasteiger partial charge in [-0.25, -0.2) is 4.98 Å². The summed E-state index contributed by atoms with van der Waals surface area (Å²) in [6, 6.07) is 17.0. The quantitative estimate of drug-likeness (QED) is 0.411. The molecule has 7 heteroatoms. The molecule has 1 heterocycles. The van der Waals surface area contributed by atoms with E-state index in [1.807, 2.05) is 48.5 Å². The summed E-state index contributed by atoms with van der Waals surface area (Å²) in [6.45, 7) is -0.329. The maximum absolute atomic E-state index is 11.9. The van der Waals surface area contributed by atoms with Crippen molar-refractivity contribution < 1.29 is 18.7 Å². The number of rotatable bonds is 7. The highest BCUT2D eigenvalue weighted by atomic mass is 127. The molecule has 3 rings (SSSR count). The van der Waals surface area contributed by atoms with Crippen LogP contribution in [0.5, 0.6) is 0 Å². The highest BCUT2D eigenvalue weighted by Gasteiger charge is 2.12. The summed E-state index contributed by atoms with van der Waals surface area (Å²) < 4.78 is 11.6. The first-order valence-corrected chi connectivity index (χ1v) is 9.40. The monoisotopic (exact) mass is 476 g/mol. The van der Waals surface area contributed by atoms with Gasteiger partial charge in [-0.05, 0) is 34.7 Å². The minimum absolute atomic E-state index is 0.0882. The normalized spacial score (nSPS) is 10.4. The van der Waals surface area contributed by atoms with Crippen LogP contribution < -0.4 is 5.32 Å². The second-order valence-corrected chi connectivity index (χ2v) is 6.84. The molecule has 0 spiro atoms. The van der Waals surface area contributed by atoms with Crippen molar-refractivity contribution in [1.29, 1.82) is 0 Å². The molecule has 138 valence electrons. The van der Waals surface area contributed by atoms with Gasteiger partial charge in [0.25, 0.3) is 5.91 Å². The molecule has 0 fully saturated rings. The van der Waals surface area contributed by atoms with Crippen LogP contribution in [0, 0.1) is 3.57 Å². The van der Waals surface area contributed by atoms with Gasteiger partial charge in [-0.3, -0.25) is 9.59 Å². The number of hydrogen-bond acceptors (Lipinski definition) is 5. The molecule has 27 heavy (non-hydrogen) atoms. The van der Waals surface area contributed by atoms with E-state index in [2.05, 4.69) is 32.9 Å². The lowest BCUT2D eigenvalue weighted by atomic mass is 10.2. The Morgan fingerprint density at radius 2 is 1.81 bits per heavy atom. The fourth-order valence-electron chi connectivity index (χ4n) is 2.34. The summed E-state index contributed by atoms with van der Waals surface area (Å²) in [6.07, 6.45) is 2.03. The molecule has 0 bridgehead atoms. The zero-order valence-corrected chi connectivity index (χ0v) is 16.5. The first-order valence-electron chi connectivity index (χ1n) is 8.32. The number of halogens is 1. The van der Waals surface area contributed by atoms with E-state index in [4.69, 9.17) is 9.15 Å². The Kier molecular flexibility index (Phi) is 6.59. The SMILES string of the molecule is O=C(COC(=O)CCc1ncc(-c2ccccc2)o1)Nc1ccccc1I. The number of anilines is 1. The molecule has 3 aromatic rings. The third-order valence-electron chi connectivity index (χ3n) is 3.67. The van der Waals surface area contributed by atoms with Crippen LogP contribution in [0.1, 0.15) is 12.3 Å². The van der Waals surface area contributed by atoms with Gasteiger partial charge in [0.05, 0.1) is 18.3 Å². The maximum atomic E-state index is 11.9. The molecule has 1 aromatic heterocycles. The van der Waals surface area contributed by atoms with Crippen LogP contribution in [0.3, 0.4) is 0 Å². The number of hydrogen-bond donors (Lipinski definition) is 1. The molecule has 1 amide bonds. The minimum atomic E-state index is -0.479. The van der Waals surface area contributed by atoms with E-state index in [1.54, 1.807) is 12.3 Å². The maximum Gasteiger partial charge on any atom is 0.306 e. The topological polar surface area (TPSA) is 81.4 Å². The van der Waals surface area contributed by atoms with Gasteiger partial charge in [-0.15, -0.1) is 0 Å². The Morgan fingerprint density at radius 3 is 2.59 bits per heavy atom. The predicted octanol–water partition coefficient (Wildman–Crippen LogP) is 4.06. The van der Waals surface area contributed by atoms with Gasteiger partial charge in [-0.1, -0.05) is 42.5 Å². The van der Waals surface area contributed by atoms with Gasteiger partial charge < -0.3 is 14.5 Å². The highest BCUT2D eigenvalue weighted by molar-refractivity contribution is 14.1. The second kappa shape index (κ2) is 9.31. The largest absolute Gasteiger partial charge is 0.456 e. The predicted molar refractivity (Wildman–Crippen MR) is 109 cm³/mol. The van der Waals surface area contributed by atoms with Crippen molar-refractivity contribution in [1.82, 2.24) is 4.98 Å². The van der Waals surface area contributed by atoms with Crippen LogP contribution in [0.25, 0.3) is 11.3 Å². The molecular weight excluding hydrogens is 459 g/mol. The number of aryl methyl sites for hydroxylation is 1. The van der Waals surface area contributed by atoms with Crippen LogP contribution in [-0.2, 0) is 20.7 Å². The van der Waals surface area contributed by atoms with Gasteiger partial charge >= 0.3 is 5.97 Å². The molecule has 0 aliphatic heterocycles. The zero-order valence-electron chi connectivity index (χ0n) is 14.4. The fourth-order valence-corrected chi connectivity index (χ4v) is 2.86. The lowest BCUT2D eigenvalue weighted by Gasteiger charge is -2.07. The van der Waals surface area contributed by atoms with Crippen molar-refractivity contribution in [3.05, 3.63) is 70.3 Å². The van der Waals surface area contributed by atoms with Crippen molar-refractivity contribution >= 4 is 40.2 Å². The molecule has 0 aliphatic carbocycles. The van der Waals surface area contributed by atoms with Crippen molar-refractivity contribution in [2.75, 3.05) is 11.9 Å². The molecule has 0 unspecified atom stereocenters. The second-order valence-electron chi connectivity index (χ2n) is 5.67. The summed E-state index contributed by atoms with van der Waals surface area (Å²) in [5.74, 6) is 0.243. The first kappa shape index (κ1) is 19.1. The Hall–Kier alpha value is -2.68. The molecule has 6 nitrogen and oxygen atoms in total. The third-order valence-corrected chi connectivity index (χ3v) is 4.61. The summed E-state index contributed by atoms with van der Waals surface area (Å²) in [5.41, 5.74) is 1.61. The molecule has 0 saturated heterocycles. The number of esters is 1. The highest BCUT2D eigenvalue weighted by Crippen LogP contribution is 2.20. The van der Waals surface area contributed by atoms with Gasteiger partial charge in [0.2, 0.25) is 0 Å². The number of carbonyl (C=O) groups excluding carboxylic acids is 2. The van der Waals surface area contributed by atoms with E-state index in [0.29, 0.717) is 23.8 Å². The smallest absolute Gasteiger partial charge is 0.306 e. The molecule has 0 aliphatic rings. The van der Waals surface area contributed by atoms with Crippen LogP contribution in [0.2, 0.25) is 0 Å². The average Bonchev–Trinajstić information content (AvgIpc) is 3.16. The van der Waals surface area contributed by atoms with Crippen LogP contribution >= 0.6 is 22.6 Å². The van der Waals surface area contributed by atoms with Gasteiger partial charge in [-0.2, -0.15) is 0 Å². The van der Waals surface area contributed by atoms with Crippen LogP contribution in [0.4, 0.5) is 5.69 Å². The van der Waals surface area contributed by atoms with Gasteiger partial charge in [0.1, 0.15) is 0 Å². The van der Waals surface area contributed by atoms with Crippen molar-refractivity contribution in [2.45, 2.75) is 12.8 Å². The molecule has 0 saturated carbocycles. The number of amides is 1. The summed E-state index contributed by atoms with van der Waals surface area (Å²) in [5, 5.41) is 2.71. The molecule has 2 aromatic carbocycles. The summed E-state index contributed by atoms with van der Waals surface area (Å²) >= 11 is 2.12. The van der Waals surface area contributed by atoms with E-state index in [1.165, 1.54) is 0 Å². The number of ether oxygens (including phenoxy) is 1. The van der Waals surface area contributed by atoms with E-state index in [0.717, 1.165) is 9.13 Å². The number of benzene rings is 2. The van der Waals surface area contributed by atoms with Crippen LogP contribution in [0.15, 0.2) is 65.2 Å².